The Morgan fingerprint density at radius 2 is 2.14 bits per heavy atom. The van der Waals surface area contributed by atoms with Crippen LogP contribution in [0.2, 0.25) is 13.1 Å². The molecule has 0 fully saturated rings. The minimum absolute atomic E-state index is 1.06. The molecular formula is C5H13BS. The Morgan fingerprint density at radius 1 is 1.43 bits per heavy atom. The molecule has 0 aromatic heterocycles. The molecular weight excluding hydrogens is 103 g/mol. The predicted octanol–water partition coefficient (Wildman–Crippen LogP) is 1.60. The zero-order chi connectivity index (χ0) is 5.54. The Morgan fingerprint density at radius 3 is 2.57 bits per heavy atom. The van der Waals surface area contributed by atoms with Gasteiger partial charge in [-0.25, -0.2) is 0 Å². The van der Waals surface area contributed by atoms with Crippen molar-refractivity contribution in [2.75, 3.05) is 5.75 Å². The molecule has 0 saturated heterocycles. The van der Waals surface area contributed by atoms with E-state index in [0.29, 0.717) is 0 Å². The Kier molecular flexibility index (Phi) is 6.80. The molecule has 42 valence electrons. The van der Waals surface area contributed by atoms with Crippen molar-refractivity contribution in [3.8, 4) is 0 Å². The lowest BCUT2D eigenvalue weighted by Gasteiger charge is -1.89. The molecule has 0 atom stereocenters. The average molecular weight is 116 g/mol. The van der Waals surface area contributed by atoms with Crippen molar-refractivity contribution in [2.45, 2.75) is 26.0 Å². The summed E-state index contributed by atoms with van der Waals surface area (Å²) in [5.74, 6) is 1.06. The van der Waals surface area contributed by atoms with Crippen molar-refractivity contribution >= 4 is 19.9 Å². The van der Waals surface area contributed by atoms with Crippen LogP contribution in [0, 0.1) is 0 Å². The van der Waals surface area contributed by atoms with Gasteiger partial charge in [-0.1, -0.05) is 19.6 Å². The molecule has 0 aromatic carbocycles. The summed E-state index contributed by atoms with van der Waals surface area (Å²) in [5.41, 5.74) is 0. The first-order chi connectivity index (χ1) is 3.41. The van der Waals surface area contributed by atoms with E-state index in [1.807, 2.05) is 0 Å². The fourth-order valence-corrected chi connectivity index (χ4v) is 0.762. The Hall–Kier alpha value is 0.415. The molecule has 0 heterocycles. The van der Waals surface area contributed by atoms with E-state index in [2.05, 4.69) is 19.5 Å². The van der Waals surface area contributed by atoms with E-state index < -0.39 is 0 Å². The second kappa shape index (κ2) is 6.41. The van der Waals surface area contributed by atoms with Crippen LogP contribution in [-0.4, -0.2) is 13.0 Å². The molecule has 0 aliphatic heterocycles. The highest BCUT2D eigenvalue weighted by molar-refractivity contribution is 7.80. The van der Waals surface area contributed by atoms with E-state index in [1.165, 1.54) is 26.4 Å². The third-order valence-electron chi connectivity index (χ3n) is 1.01. The third kappa shape index (κ3) is 6.41. The van der Waals surface area contributed by atoms with Gasteiger partial charge < -0.3 is 0 Å². The fraction of sp³-hybridized carbons (Fsp3) is 1.00. The average Bonchev–Trinajstić information content (AvgIpc) is 1.69. The lowest BCUT2D eigenvalue weighted by Crippen LogP contribution is -1.81. The molecule has 0 bridgehead atoms. The van der Waals surface area contributed by atoms with Crippen molar-refractivity contribution < 1.29 is 0 Å². The number of thiol groups is 1. The first-order valence-corrected chi connectivity index (χ1v) is 3.66. The lowest BCUT2D eigenvalue weighted by molar-refractivity contribution is 0.893. The van der Waals surface area contributed by atoms with Gasteiger partial charge in [0.2, 0.25) is 0 Å². The minimum Gasteiger partial charge on any atom is -0.179 e. The Labute approximate surface area is 52.3 Å². The van der Waals surface area contributed by atoms with Gasteiger partial charge in [0.05, 0.1) is 0 Å². The van der Waals surface area contributed by atoms with E-state index >= 15 is 0 Å². The molecule has 0 aliphatic carbocycles. The van der Waals surface area contributed by atoms with Crippen LogP contribution in [0.15, 0.2) is 0 Å². The number of unbranched alkanes of at least 4 members (excludes halogenated alkanes) is 1. The molecule has 0 saturated carbocycles. The highest BCUT2D eigenvalue weighted by Crippen LogP contribution is 1.95. The van der Waals surface area contributed by atoms with Gasteiger partial charge in [0.25, 0.3) is 0 Å². The van der Waals surface area contributed by atoms with Crippen LogP contribution in [-0.2, 0) is 0 Å². The summed E-state index contributed by atoms with van der Waals surface area (Å²) >= 11 is 4.09. The smallest absolute Gasteiger partial charge is 0.117 e. The molecule has 0 amide bonds. The van der Waals surface area contributed by atoms with Gasteiger partial charge in [0, 0.05) is 0 Å². The fourth-order valence-electron chi connectivity index (χ4n) is 0.539. The SMILES string of the molecule is CBCCCCS. The second-order valence-corrected chi connectivity index (χ2v) is 2.23. The Balaban J connectivity index is 2.45. The van der Waals surface area contributed by atoms with E-state index in [-0.39, 0.29) is 0 Å². The maximum atomic E-state index is 4.09. The largest absolute Gasteiger partial charge is 0.179 e. The van der Waals surface area contributed by atoms with Crippen molar-refractivity contribution in [3.63, 3.8) is 0 Å². The summed E-state index contributed by atoms with van der Waals surface area (Å²) in [5, 5.41) is 0. The second-order valence-electron chi connectivity index (χ2n) is 1.78. The molecule has 2 heteroatoms. The molecule has 0 unspecified atom stereocenters. The van der Waals surface area contributed by atoms with Crippen molar-refractivity contribution in [1.29, 1.82) is 0 Å². The summed E-state index contributed by atoms with van der Waals surface area (Å²) in [6, 6.07) is 0. The van der Waals surface area contributed by atoms with Gasteiger partial charge in [-0.15, -0.1) is 0 Å². The molecule has 0 nitrogen and oxygen atoms in total. The van der Waals surface area contributed by atoms with Gasteiger partial charge in [0.15, 0.2) is 0 Å². The van der Waals surface area contributed by atoms with Crippen molar-refractivity contribution in [3.05, 3.63) is 0 Å². The topological polar surface area (TPSA) is 0 Å². The molecule has 0 radical (unpaired) electrons. The summed E-state index contributed by atoms with van der Waals surface area (Å²) in [7, 11) is 1.33. The first-order valence-electron chi connectivity index (χ1n) is 3.02. The predicted molar refractivity (Wildman–Crippen MR) is 40.9 cm³/mol. The van der Waals surface area contributed by atoms with Crippen LogP contribution in [0.25, 0.3) is 0 Å². The van der Waals surface area contributed by atoms with Crippen LogP contribution in [0.5, 0.6) is 0 Å². The van der Waals surface area contributed by atoms with Gasteiger partial charge in [-0.05, 0) is 12.2 Å². The number of hydrogen-bond donors (Lipinski definition) is 1. The zero-order valence-corrected chi connectivity index (χ0v) is 5.88. The van der Waals surface area contributed by atoms with Crippen LogP contribution >= 0.6 is 12.6 Å². The molecule has 0 aliphatic rings. The standard InChI is InChI=1S/C5H13BS/c1-6-4-2-3-5-7/h6-7H,2-5H2,1H3. The van der Waals surface area contributed by atoms with E-state index in [1.54, 1.807) is 0 Å². The lowest BCUT2D eigenvalue weighted by atomic mass is 9.76. The van der Waals surface area contributed by atoms with Crippen LogP contribution in [0.1, 0.15) is 12.8 Å². The quantitative estimate of drug-likeness (QED) is 0.322. The first kappa shape index (κ1) is 7.41. The summed E-state index contributed by atoms with van der Waals surface area (Å²) in [6.45, 7) is 2.22. The maximum Gasteiger partial charge on any atom is 0.117 e. The summed E-state index contributed by atoms with van der Waals surface area (Å²) in [6.07, 6.45) is 4.03. The number of hydrogen-bond acceptors (Lipinski definition) is 1. The molecule has 0 rings (SSSR count). The van der Waals surface area contributed by atoms with Crippen LogP contribution in [0.3, 0.4) is 0 Å². The highest BCUT2D eigenvalue weighted by Gasteiger charge is 1.82. The van der Waals surface area contributed by atoms with Gasteiger partial charge >= 0.3 is 0 Å². The molecule has 0 N–H and O–H groups in total. The number of rotatable bonds is 4. The normalized spacial score (nSPS) is 8.86. The van der Waals surface area contributed by atoms with Gasteiger partial charge in [-0.2, -0.15) is 12.6 Å². The van der Waals surface area contributed by atoms with Crippen LogP contribution in [0.4, 0.5) is 0 Å². The maximum absolute atomic E-state index is 4.09. The van der Waals surface area contributed by atoms with Crippen molar-refractivity contribution in [1.82, 2.24) is 0 Å². The van der Waals surface area contributed by atoms with E-state index in [0.717, 1.165) is 5.75 Å². The molecule has 7 heavy (non-hydrogen) atoms. The summed E-state index contributed by atoms with van der Waals surface area (Å²) < 4.78 is 0. The van der Waals surface area contributed by atoms with Gasteiger partial charge in [-0.3, -0.25) is 0 Å². The van der Waals surface area contributed by atoms with Crippen molar-refractivity contribution in [2.24, 2.45) is 0 Å². The van der Waals surface area contributed by atoms with Crippen LogP contribution < -0.4 is 0 Å². The van der Waals surface area contributed by atoms with Gasteiger partial charge in [0.1, 0.15) is 7.28 Å². The Bertz CT molecular complexity index is 27.3. The summed E-state index contributed by atoms with van der Waals surface area (Å²) in [4.78, 5) is 0. The highest BCUT2D eigenvalue weighted by atomic mass is 32.1. The third-order valence-corrected chi connectivity index (χ3v) is 1.33. The zero-order valence-electron chi connectivity index (χ0n) is 4.98. The molecule has 0 spiro atoms. The molecule has 0 aromatic rings. The minimum atomic E-state index is 1.06. The van der Waals surface area contributed by atoms with E-state index in [4.69, 9.17) is 0 Å². The monoisotopic (exact) mass is 116 g/mol. The van der Waals surface area contributed by atoms with E-state index in [9.17, 15) is 0 Å².